The lowest BCUT2D eigenvalue weighted by atomic mass is 10.00. The summed E-state index contributed by atoms with van der Waals surface area (Å²) in [5.74, 6) is 0.0726. The Labute approximate surface area is 194 Å². The fourth-order valence-corrected chi connectivity index (χ4v) is 6.07. The van der Waals surface area contributed by atoms with Crippen LogP contribution in [-0.2, 0) is 0 Å². The molecule has 0 fully saturated rings. The highest BCUT2D eigenvalue weighted by atomic mass is 79.9. The molecule has 1 amide bonds. The normalized spacial score (nSPS) is 11.2. The fourth-order valence-electron chi connectivity index (χ4n) is 3.23. The monoisotopic (exact) mass is 548 g/mol. The van der Waals surface area contributed by atoms with E-state index in [0.29, 0.717) is 5.56 Å². The zero-order valence-electron chi connectivity index (χ0n) is 15.8. The van der Waals surface area contributed by atoms with Gasteiger partial charge in [0.25, 0.3) is 5.91 Å². The predicted octanol–water partition coefficient (Wildman–Crippen LogP) is 8.37. The van der Waals surface area contributed by atoms with Gasteiger partial charge in [-0.25, -0.2) is 0 Å². The summed E-state index contributed by atoms with van der Waals surface area (Å²) in [7, 11) is 0. The first kappa shape index (κ1) is 20.6. The smallest absolute Gasteiger partial charge is 0.258 e. The molecule has 7 heteroatoms. The van der Waals surface area contributed by atoms with Crippen LogP contribution in [0.25, 0.3) is 21.0 Å². The van der Waals surface area contributed by atoms with Gasteiger partial charge < -0.3 is 10.3 Å². The highest BCUT2D eigenvalue weighted by Crippen LogP contribution is 2.45. The molecule has 0 bridgehead atoms. The van der Waals surface area contributed by atoms with Crippen LogP contribution in [0.3, 0.4) is 0 Å². The zero-order chi connectivity index (χ0) is 20.5. The van der Waals surface area contributed by atoms with Crippen LogP contribution in [0, 0.1) is 0 Å². The van der Waals surface area contributed by atoms with E-state index in [1.54, 1.807) is 22.7 Å². The second-order valence-corrected chi connectivity index (χ2v) is 11.8. The molecule has 0 radical (unpaired) electrons. The van der Waals surface area contributed by atoms with Crippen LogP contribution < -0.4 is 5.32 Å². The van der Waals surface area contributed by atoms with Crippen molar-refractivity contribution in [2.45, 2.75) is 19.8 Å². The van der Waals surface area contributed by atoms with Crippen LogP contribution in [0.15, 0.2) is 62.2 Å². The number of nitrogens with one attached hydrogen (secondary N) is 2. The fraction of sp³-hybridized carbons (Fsp3) is 0.136. The molecule has 3 heterocycles. The number of rotatable bonds is 5. The van der Waals surface area contributed by atoms with Crippen molar-refractivity contribution >= 4 is 66.1 Å². The van der Waals surface area contributed by atoms with Crippen molar-refractivity contribution < 1.29 is 4.79 Å². The highest BCUT2D eigenvalue weighted by Gasteiger charge is 2.28. The van der Waals surface area contributed by atoms with Gasteiger partial charge in [-0.05, 0) is 74.2 Å². The van der Waals surface area contributed by atoms with Gasteiger partial charge in [0.2, 0.25) is 0 Å². The Balaban J connectivity index is 1.92. The Kier molecular flexibility index (Phi) is 6.11. The highest BCUT2D eigenvalue weighted by molar-refractivity contribution is 9.11. The first-order valence-electron chi connectivity index (χ1n) is 9.07. The number of thiophene rings is 2. The lowest BCUT2D eigenvalue weighted by Gasteiger charge is -2.10. The first-order valence-corrected chi connectivity index (χ1v) is 12.3. The van der Waals surface area contributed by atoms with Crippen molar-refractivity contribution in [3.05, 3.63) is 73.4 Å². The molecule has 0 aliphatic rings. The Bertz CT molecular complexity index is 1160. The third-order valence-corrected chi connectivity index (χ3v) is 7.79. The molecular weight excluding hydrogens is 532 g/mol. The number of anilines is 1. The van der Waals surface area contributed by atoms with Crippen LogP contribution in [0.4, 0.5) is 5.69 Å². The molecule has 0 aliphatic carbocycles. The van der Waals surface area contributed by atoms with Crippen molar-refractivity contribution in [2.24, 2.45) is 0 Å². The van der Waals surface area contributed by atoms with Crippen LogP contribution in [0.2, 0.25) is 0 Å². The van der Waals surface area contributed by atoms with Crippen LogP contribution >= 0.6 is 54.5 Å². The molecule has 0 unspecified atom stereocenters. The zero-order valence-corrected chi connectivity index (χ0v) is 20.6. The van der Waals surface area contributed by atoms with E-state index in [0.717, 1.165) is 40.0 Å². The molecule has 0 saturated heterocycles. The Morgan fingerprint density at radius 2 is 1.55 bits per heavy atom. The van der Waals surface area contributed by atoms with E-state index < -0.39 is 0 Å². The Morgan fingerprint density at radius 1 is 0.931 bits per heavy atom. The SMILES string of the molecule is CC(C)c1[nH]c(-c2ccc(Br)s2)c(-c2ccc(Br)s2)c1C(=O)Nc1ccccc1. The maximum absolute atomic E-state index is 13.4. The first-order chi connectivity index (χ1) is 13.9. The molecular formula is C22H18Br2N2OS2. The maximum Gasteiger partial charge on any atom is 0.258 e. The van der Waals surface area contributed by atoms with Crippen molar-refractivity contribution in [1.29, 1.82) is 0 Å². The van der Waals surface area contributed by atoms with Crippen molar-refractivity contribution in [1.82, 2.24) is 4.98 Å². The van der Waals surface area contributed by atoms with Gasteiger partial charge in [-0.1, -0.05) is 32.0 Å². The minimum Gasteiger partial charge on any atom is -0.356 e. The summed E-state index contributed by atoms with van der Waals surface area (Å²) in [6.45, 7) is 4.21. The number of aromatic nitrogens is 1. The standard InChI is InChI=1S/C22H18Br2N2OS2/c1-12(2)20-19(22(27)25-13-6-4-3-5-7-13)18(14-8-10-16(23)28-14)21(26-20)15-9-11-17(24)29-15/h3-12,26H,1-2H3,(H,25,27). The van der Waals surface area contributed by atoms with E-state index in [9.17, 15) is 4.79 Å². The molecule has 148 valence electrons. The van der Waals surface area contributed by atoms with E-state index in [1.807, 2.05) is 42.5 Å². The van der Waals surface area contributed by atoms with Gasteiger partial charge in [0.15, 0.2) is 0 Å². The Morgan fingerprint density at radius 3 is 2.10 bits per heavy atom. The van der Waals surface area contributed by atoms with Crippen LogP contribution in [0.1, 0.15) is 35.8 Å². The quantitative estimate of drug-likeness (QED) is 0.258. The molecule has 0 aliphatic heterocycles. The Hall–Kier alpha value is -1.67. The number of hydrogen-bond acceptors (Lipinski definition) is 3. The van der Waals surface area contributed by atoms with E-state index in [2.05, 4.69) is 68.1 Å². The largest absolute Gasteiger partial charge is 0.356 e. The van der Waals surface area contributed by atoms with E-state index in [-0.39, 0.29) is 11.8 Å². The van der Waals surface area contributed by atoms with Gasteiger partial charge in [0.1, 0.15) is 0 Å². The molecule has 4 aromatic rings. The van der Waals surface area contributed by atoms with Gasteiger partial charge in [-0.3, -0.25) is 4.79 Å². The number of benzene rings is 1. The summed E-state index contributed by atoms with van der Waals surface area (Å²) < 4.78 is 2.09. The molecule has 1 aromatic carbocycles. The van der Waals surface area contributed by atoms with E-state index in [1.165, 1.54) is 0 Å². The van der Waals surface area contributed by atoms with E-state index >= 15 is 0 Å². The lowest BCUT2D eigenvalue weighted by molar-refractivity contribution is 0.102. The summed E-state index contributed by atoms with van der Waals surface area (Å²) in [6, 6.07) is 17.8. The summed E-state index contributed by atoms with van der Waals surface area (Å²) in [4.78, 5) is 19.2. The number of hydrogen-bond donors (Lipinski definition) is 2. The molecule has 29 heavy (non-hydrogen) atoms. The van der Waals surface area contributed by atoms with Gasteiger partial charge in [-0.15, -0.1) is 22.7 Å². The number of H-pyrrole nitrogens is 1. The molecule has 3 aromatic heterocycles. The molecule has 0 atom stereocenters. The van der Waals surface area contributed by atoms with Gasteiger partial charge in [-0.2, -0.15) is 0 Å². The lowest BCUT2D eigenvalue weighted by Crippen LogP contribution is -2.14. The second kappa shape index (κ2) is 8.60. The minimum absolute atomic E-state index is 0.0995. The van der Waals surface area contributed by atoms with Crippen molar-refractivity contribution in [3.8, 4) is 21.0 Å². The summed E-state index contributed by atoms with van der Waals surface area (Å²) in [5, 5.41) is 3.07. The number of aromatic amines is 1. The maximum atomic E-state index is 13.4. The molecule has 2 N–H and O–H groups in total. The number of carbonyl (C=O) groups excluding carboxylic acids is 1. The number of para-hydroxylation sites is 1. The third-order valence-electron chi connectivity index (χ3n) is 4.50. The van der Waals surface area contributed by atoms with Gasteiger partial charge >= 0.3 is 0 Å². The van der Waals surface area contributed by atoms with Gasteiger partial charge in [0.05, 0.1) is 23.7 Å². The molecule has 4 rings (SSSR count). The van der Waals surface area contributed by atoms with Crippen LogP contribution in [0.5, 0.6) is 0 Å². The molecule has 0 saturated carbocycles. The summed E-state index contributed by atoms with van der Waals surface area (Å²) >= 11 is 10.4. The van der Waals surface area contributed by atoms with Crippen molar-refractivity contribution in [2.75, 3.05) is 5.32 Å². The average molecular weight is 550 g/mol. The molecule has 0 spiro atoms. The number of halogens is 2. The molecule has 3 nitrogen and oxygen atoms in total. The topological polar surface area (TPSA) is 44.9 Å². The van der Waals surface area contributed by atoms with Crippen molar-refractivity contribution in [3.63, 3.8) is 0 Å². The minimum atomic E-state index is -0.0995. The third kappa shape index (κ3) is 4.28. The van der Waals surface area contributed by atoms with Gasteiger partial charge in [0, 0.05) is 21.8 Å². The summed E-state index contributed by atoms with van der Waals surface area (Å²) in [6.07, 6.45) is 0. The van der Waals surface area contributed by atoms with E-state index in [4.69, 9.17) is 0 Å². The second-order valence-electron chi connectivity index (χ2n) is 6.85. The summed E-state index contributed by atoms with van der Waals surface area (Å²) in [5.41, 5.74) is 4.37. The number of carbonyl (C=O) groups is 1. The number of amides is 1. The average Bonchev–Trinajstić information content (AvgIpc) is 3.39. The predicted molar refractivity (Wildman–Crippen MR) is 131 cm³/mol. The van der Waals surface area contributed by atoms with Crippen LogP contribution in [-0.4, -0.2) is 10.9 Å².